The van der Waals surface area contributed by atoms with Crippen molar-refractivity contribution in [3.8, 4) is 0 Å². The molecule has 1 N–H and O–H groups in total. The van der Waals surface area contributed by atoms with E-state index in [0.717, 1.165) is 21.5 Å². The van der Waals surface area contributed by atoms with Gasteiger partial charge in [0.2, 0.25) is 5.91 Å². The zero-order valence-electron chi connectivity index (χ0n) is 12.3. The lowest BCUT2D eigenvalue weighted by Gasteiger charge is -2.04. The fourth-order valence-corrected chi connectivity index (χ4v) is 2.97. The van der Waals surface area contributed by atoms with Gasteiger partial charge in [0.05, 0.1) is 11.0 Å². The van der Waals surface area contributed by atoms with E-state index in [4.69, 9.17) is 0 Å². The van der Waals surface area contributed by atoms with Crippen molar-refractivity contribution in [3.63, 3.8) is 0 Å². The Balaban J connectivity index is 1.77. The Labute approximate surface area is 132 Å². The Kier molecular flexibility index (Phi) is 3.98. The summed E-state index contributed by atoms with van der Waals surface area (Å²) >= 11 is 1.68. The molecule has 0 spiro atoms. The third-order valence-electron chi connectivity index (χ3n) is 3.21. The maximum absolute atomic E-state index is 12.1. The minimum atomic E-state index is -0.146. The van der Waals surface area contributed by atoms with Gasteiger partial charge in [-0.1, -0.05) is 0 Å². The van der Waals surface area contributed by atoms with Crippen LogP contribution in [0.4, 0.5) is 5.69 Å². The SMILES string of the molecule is CC(=CC(=O)Nc1ccc2nccnc2c1)c1ccc(C)s1. The molecular formula is C17H15N3OS. The van der Waals surface area contributed by atoms with E-state index in [1.165, 1.54) is 4.88 Å². The molecule has 0 aliphatic rings. The van der Waals surface area contributed by atoms with Crippen molar-refractivity contribution in [1.82, 2.24) is 9.97 Å². The summed E-state index contributed by atoms with van der Waals surface area (Å²) in [7, 11) is 0. The zero-order chi connectivity index (χ0) is 15.5. The molecule has 110 valence electrons. The highest BCUT2D eigenvalue weighted by Gasteiger charge is 2.04. The molecule has 0 fully saturated rings. The number of hydrogen-bond acceptors (Lipinski definition) is 4. The molecule has 0 saturated heterocycles. The molecule has 0 aliphatic heterocycles. The van der Waals surface area contributed by atoms with Gasteiger partial charge in [0, 0.05) is 33.9 Å². The molecule has 2 heterocycles. The number of nitrogens with one attached hydrogen (secondary N) is 1. The fraction of sp³-hybridized carbons (Fsp3) is 0.118. The largest absolute Gasteiger partial charge is 0.322 e. The van der Waals surface area contributed by atoms with Crippen LogP contribution in [0.5, 0.6) is 0 Å². The van der Waals surface area contributed by atoms with Gasteiger partial charge >= 0.3 is 0 Å². The summed E-state index contributed by atoms with van der Waals surface area (Å²) in [6.07, 6.45) is 4.90. The van der Waals surface area contributed by atoms with Crippen molar-refractivity contribution in [2.75, 3.05) is 5.32 Å². The standard InChI is InChI=1S/C17H15N3OS/c1-11(16-6-3-12(2)22-16)9-17(21)20-13-4-5-14-15(10-13)19-8-7-18-14/h3-10H,1-2H3,(H,20,21). The summed E-state index contributed by atoms with van der Waals surface area (Å²) in [6, 6.07) is 9.57. The predicted octanol–water partition coefficient (Wildman–Crippen LogP) is 4.04. The topological polar surface area (TPSA) is 54.9 Å². The average Bonchev–Trinajstić information content (AvgIpc) is 2.94. The lowest BCUT2D eigenvalue weighted by molar-refractivity contribution is -0.111. The molecule has 0 radical (unpaired) electrons. The molecule has 0 atom stereocenters. The molecule has 4 nitrogen and oxygen atoms in total. The van der Waals surface area contributed by atoms with Crippen LogP contribution in [0.3, 0.4) is 0 Å². The Hall–Kier alpha value is -2.53. The van der Waals surface area contributed by atoms with Gasteiger partial charge in [-0.15, -0.1) is 11.3 Å². The number of thiophene rings is 1. The van der Waals surface area contributed by atoms with E-state index in [0.29, 0.717) is 5.69 Å². The van der Waals surface area contributed by atoms with Crippen molar-refractivity contribution in [1.29, 1.82) is 0 Å². The van der Waals surface area contributed by atoms with Crippen LogP contribution in [0.25, 0.3) is 16.6 Å². The lowest BCUT2D eigenvalue weighted by atomic mass is 10.2. The van der Waals surface area contributed by atoms with Crippen LogP contribution in [0, 0.1) is 6.92 Å². The number of amides is 1. The number of nitrogens with zero attached hydrogens (tertiary/aromatic N) is 2. The summed E-state index contributed by atoms with van der Waals surface area (Å²) in [5, 5.41) is 2.86. The van der Waals surface area contributed by atoms with Crippen molar-refractivity contribution < 1.29 is 4.79 Å². The number of benzene rings is 1. The van der Waals surface area contributed by atoms with E-state index in [2.05, 4.69) is 28.3 Å². The maximum Gasteiger partial charge on any atom is 0.248 e. The summed E-state index contributed by atoms with van der Waals surface area (Å²) in [4.78, 5) is 22.9. The number of anilines is 1. The first kappa shape index (κ1) is 14.4. The first-order valence-electron chi connectivity index (χ1n) is 6.89. The molecule has 3 rings (SSSR count). The smallest absolute Gasteiger partial charge is 0.248 e. The summed E-state index contributed by atoms with van der Waals surface area (Å²) < 4.78 is 0. The average molecular weight is 309 g/mol. The van der Waals surface area contributed by atoms with Gasteiger partial charge in [-0.2, -0.15) is 0 Å². The summed E-state index contributed by atoms with van der Waals surface area (Å²) in [5.74, 6) is -0.146. The number of rotatable bonds is 3. The van der Waals surface area contributed by atoms with E-state index < -0.39 is 0 Å². The molecule has 0 saturated carbocycles. The van der Waals surface area contributed by atoms with Crippen LogP contribution < -0.4 is 5.32 Å². The molecule has 0 unspecified atom stereocenters. The number of allylic oxidation sites excluding steroid dienone is 1. The summed E-state index contributed by atoms with van der Waals surface area (Å²) in [6.45, 7) is 3.99. The van der Waals surface area contributed by atoms with Crippen LogP contribution >= 0.6 is 11.3 Å². The highest BCUT2D eigenvalue weighted by molar-refractivity contribution is 7.13. The van der Waals surface area contributed by atoms with Gasteiger partial charge < -0.3 is 5.32 Å². The Morgan fingerprint density at radius 2 is 1.91 bits per heavy atom. The predicted molar refractivity (Wildman–Crippen MR) is 90.9 cm³/mol. The molecular weight excluding hydrogens is 294 g/mol. The highest BCUT2D eigenvalue weighted by Crippen LogP contribution is 2.23. The Morgan fingerprint density at radius 3 is 2.64 bits per heavy atom. The van der Waals surface area contributed by atoms with E-state index >= 15 is 0 Å². The quantitative estimate of drug-likeness (QED) is 0.743. The third kappa shape index (κ3) is 3.20. The van der Waals surface area contributed by atoms with Crippen LogP contribution in [-0.4, -0.2) is 15.9 Å². The molecule has 1 amide bonds. The van der Waals surface area contributed by atoms with Gasteiger partial charge in [-0.3, -0.25) is 14.8 Å². The first-order chi connectivity index (χ1) is 10.6. The number of fused-ring (bicyclic) bond motifs is 1. The maximum atomic E-state index is 12.1. The van der Waals surface area contributed by atoms with E-state index in [-0.39, 0.29) is 5.91 Å². The minimum Gasteiger partial charge on any atom is -0.322 e. The van der Waals surface area contributed by atoms with Gasteiger partial charge in [-0.05, 0) is 49.8 Å². The monoisotopic (exact) mass is 309 g/mol. The van der Waals surface area contributed by atoms with E-state index in [1.807, 2.05) is 31.2 Å². The van der Waals surface area contributed by atoms with Crippen molar-refractivity contribution >= 4 is 39.5 Å². The van der Waals surface area contributed by atoms with Crippen molar-refractivity contribution in [2.45, 2.75) is 13.8 Å². The first-order valence-corrected chi connectivity index (χ1v) is 7.70. The van der Waals surface area contributed by atoms with E-state index in [1.54, 1.807) is 29.8 Å². The van der Waals surface area contributed by atoms with Gasteiger partial charge in [-0.25, -0.2) is 0 Å². The van der Waals surface area contributed by atoms with Crippen LogP contribution in [0.2, 0.25) is 0 Å². The lowest BCUT2D eigenvalue weighted by Crippen LogP contribution is -2.08. The third-order valence-corrected chi connectivity index (χ3v) is 4.35. The minimum absolute atomic E-state index is 0.146. The number of aromatic nitrogens is 2. The van der Waals surface area contributed by atoms with E-state index in [9.17, 15) is 4.79 Å². The molecule has 3 aromatic rings. The fourth-order valence-electron chi connectivity index (χ4n) is 2.13. The number of aryl methyl sites for hydroxylation is 1. The molecule has 2 aromatic heterocycles. The molecule has 1 aromatic carbocycles. The normalized spacial score (nSPS) is 11.6. The molecule has 0 aliphatic carbocycles. The second-order valence-electron chi connectivity index (χ2n) is 4.99. The second kappa shape index (κ2) is 6.07. The molecule has 5 heteroatoms. The highest BCUT2D eigenvalue weighted by atomic mass is 32.1. The van der Waals surface area contributed by atoms with Crippen molar-refractivity contribution in [3.05, 3.63) is 58.6 Å². The van der Waals surface area contributed by atoms with Crippen LogP contribution in [0.1, 0.15) is 16.7 Å². The molecule has 0 bridgehead atoms. The molecule has 22 heavy (non-hydrogen) atoms. The van der Waals surface area contributed by atoms with Crippen LogP contribution in [-0.2, 0) is 4.79 Å². The summed E-state index contributed by atoms with van der Waals surface area (Å²) in [5.41, 5.74) is 3.23. The van der Waals surface area contributed by atoms with Gasteiger partial charge in [0.15, 0.2) is 0 Å². The second-order valence-corrected chi connectivity index (χ2v) is 6.27. The number of hydrogen-bond donors (Lipinski definition) is 1. The number of carbonyl (C=O) groups is 1. The number of carbonyl (C=O) groups excluding carboxylic acids is 1. The van der Waals surface area contributed by atoms with Gasteiger partial charge in [0.1, 0.15) is 0 Å². The van der Waals surface area contributed by atoms with Crippen LogP contribution in [0.15, 0.2) is 48.8 Å². The Morgan fingerprint density at radius 1 is 1.14 bits per heavy atom. The van der Waals surface area contributed by atoms with Gasteiger partial charge in [0.25, 0.3) is 0 Å². The van der Waals surface area contributed by atoms with Crippen molar-refractivity contribution in [2.24, 2.45) is 0 Å². The Bertz CT molecular complexity index is 867. The zero-order valence-corrected chi connectivity index (χ0v) is 13.1.